The lowest BCUT2D eigenvalue weighted by Crippen LogP contribution is -2.44. The molecule has 1 aliphatic heterocycles. The predicted molar refractivity (Wildman–Crippen MR) is 66.8 cm³/mol. The molecule has 0 spiro atoms. The predicted octanol–water partition coefficient (Wildman–Crippen LogP) is 1.25. The van der Waals surface area contributed by atoms with Crippen LogP contribution in [-0.4, -0.2) is 53.9 Å². The van der Waals surface area contributed by atoms with E-state index in [2.05, 4.69) is 24.0 Å². The number of likely N-dealkylation sites (tertiary alicyclic amines) is 1. The van der Waals surface area contributed by atoms with Crippen LogP contribution in [0.4, 0.5) is 0 Å². The van der Waals surface area contributed by atoms with Gasteiger partial charge in [0, 0.05) is 31.5 Å². The standard InChI is InChI=1S/C13H19N3O/c1-15(2)12-5-8-16(9-6-12)13(17)11-4-3-7-14-10-11/h3-4,7,10,12H,5-6,8-9H2,1-2H3. The lowest BCUT2D eigenvalue weighted by atomic mass is 10.0. The van der Waals surface area contributed by atoms with Crippen molar-refractivity contribution in [2.75, 3.05) is 27.2 Å². The van der Waals surface area contributed by atoms with Gasteiger partial charge in [-0.3, -0.25) is 9.78 Å². The van der Waals surface area contributed by atoms with Crippen LogP contribution in [0, 0.1) is 0 Å². The molecule has 0 radical (unpaired) electrons. The summed E-state index contributed by atoms with van der Waals surface area (Å²) in [4.78, 5) is 20.3. The Morgan fingerprint density at radius 1 is 1.41 bits per heavy atom. The summed E-state index contributed by atoms with van der Waals surface area (Å²) in [5.74, 6) is 0.107. The van der Waals surface area contributed by atoms with Gasteiger partial charge >= 0.3 is 0 Å². The highest BCUT2D eigenvalue weighted by molar-refractivity contribution is 5.93. The number of rotatable bonds is 2. The van der Waals surface area contributed by atoms with E-state index >= 15 is 0 Å². The summed E-state index contributed by atoms with van der Waals surface area (Å²) in [7, 11) is 4.20. The lowest BCUT2D eigenvalue weighted by molar-refractivity contribution is 0.0663. The first-order valence-corrected chi connectivity index (χ1v) is 6.04. The minimum Gasteiger partial charge on any atom is -0.338 e. The summed E-state index contributed by atoms with van der Waals surface area (Å²) in [6, 6.07) is 4.24. The Morgan fingerprint density at radius 3 is 2.65 bits per heavy atom. The first-order chi connectivity index (χ1) is 8.18. The van der Waals surface area contributed by atoms with Crippen molar-refractivity contribution in [1.29, 1.82) is 0 Å². The minimum absolute atomic E-state index is 0.107. The van der Waals surface area contributed by atoms with Crippen molar-refractivity contribution in [2.24, 2.45) is 0 Å². The maximum absolute atomic E-state index is 12.1. The van der Waals surface area contributed by atoms with Crippen LogP contribution in [-0.2, 0) is 0 Å². The van der Waals surface area contributed by atoms with E-state index in [1.165, 1.54) is 0 Å². The molecule has 2 heterocycles. The van der Waals surface area contributed by atoms with Crippen molar-refractivity contribution in [3.63, 3.8) is 0 Å². The highest BCUT2D eigenvalue weighted by Crippen LogP contribution is 2.16. The Morgan fingerprint density at radius 2 is 2.12 bits per heavy atom. The Kier molecular flexibility index (Phi) is 3.74. The number of nitrogens with zero attached hydrogens (tertiary/aromatic N) is 3. The van der Waals surface area contributed by atoms with Gasteiger partial charge in [0.05, 0.1) is 5.56 Å². The van der Waals surface area contributed by atoms with E-state index in [1.807, 2.05) is 11.0 Å². The van der Waals surface area contributed by atoms with Crippen LogP contribution in [0.25, 0.3) is 0 Å². The number of carbonyl (C=O) groups excluding carboxylic acids is 1. The summed E-state index contributed by atoms with van der Waals surface area (Å²) >= 11 is 0. The van der Waals surface area contributed by atoms with Gasteiger partial charge in [-0.05, 0) is 39.1 Å². The van der Waals surface area contributed by atoms with Crippen LogP contribution in [0.1, 0.15) is 23.2 Å². The third kappa shape index (κ3) is 2.82. The Labute approximate surface area is 102 Å². The first-order valence-electron chi connectivity index (χ1n) is 6.04. The molecule has 2 rings (SSSR count). The Balaban J connectivity index is 1.95. The van der Waals surface area contributed by atoms with E-state index < -0.39 is 0 Å². The van der Waals surface area contributed by atoms with E-state index in [9.17, 15) is 4.79 Å². The van der Waals surface area contributed by atoms with E-state index in [0.29, 0.717) is 11.6 Å². The fourth-order valence-corrected chi connectivity index (χ4v) is 2.26. The average molecular weight is 233 g/mol. The van der Waals surface area contributed by atoms with Gasteiger partial charge in [-0.2, -0.15) is 0 Å². The summed E-state index contributed by atoms with van der Waals surface area (Å²) in [6.45, 7) is 1.69. The number of aromatic nitrogens is 1. The zero-order valence-electron chi connectivity index (χ0n) is 10.5. The van der Waals surface area contributed by atoms with Crippen LogP contribution >= 0.6 is 0 Å². The molecule has 0 saturated carbocycles. The highest BCUT2D eigenvalue weighted by atomic mass is 16.2. The smallest absolute Gasteiger partial charge is 0.255 e. The summed E-state index contributed by atoms with van der Waals surface area (Å²) in [5, 5.41) is 0. The van der Waals surface area contributed by atoms with Crippen LogP contribution in [0.15, 0.2) is 24.5 Å². The zero-order valence-corrected chi connectivity index (χ0v) is 10.5. The molecule has 17 heavy (non-hydrogen) atoms. The largest absolute Gasteiger partial charge is 0.338 e. The Bertz CT molecular complexity index is 370. The molecule has 0 unspecified atom stereocenters. The molecule has 1 aliphatic rings. The molecule has 1 aromatic heterocycles. The molecule has 0 aliphatic carbocycles. The number of carbonyl (C=O) groups is 1. The Hall–Kier alpha value is -1.42. The fourth-order valence-electron chi connectivity index (χ4n) is 2.26. The van der Waals surface area contributed by atoms with Gasteiger partial charge in [0.25, 0.3) is 5.91 Å². The van der Waals surface area contributed by atoms with Gasteiger partial charge in [0.2, 0.25) is 0 Å². The van der Waals surface area contributed by atoms with Crippen molar-refractivity contribution < 1.29 is 4.79 Å². The van der Waals surface area contributed by atoms with E-state index in [1.54, 1.807) is 18.5 Å². The molecular weight excluding hydrogens is 214 g/mol. The molecule has 0 N–H and O–H groups in total. The highest BCUT2D eigenvalue weighted by Gasteiger charge is 2.24. The number of amides is 1. The summed E-state index contributed by atoms with van der Waals surface area (Å²) in [5.41, 5.74) is 0.691. The second-order valence-corrected chi connectivity index (χ2v) is 4.73. The van der Waals surface area contributed by atoms with Gasteiger partial charge in [0.1, 0.15) is 0 Å². The van der Waals surface area contributed by atoms with Gasteiger partial charge in [-0.15, -0.1) is 0 Å². The van der Waals surface area contributed by atoms with Crippen LogP contribution < -0.4 is 0 Å². The number of hydrogen-bond donors (Lipinski definition) is 0. The number of hydrogen-bond acceptors (Lipinski definition) is 3. The third-order valence-corrected chi connectivity index (χ3v) is 3.39. The molecule has 1 saturated heterocycles. The normalized spacial score (nSPS) is 17.5. The zero-order chi connectivity index (χ0) is 12.3. The van der Waals surface area contributed by atoms with Crippen LogP contribution in [0.5, 0.6) is 0 Å². The fraction of sp³-hybridized carbons (Fsp3) is 0.538. The molecule has 92 valence electrons. The van der Waals surface area contributed by atoms with Crippen LogP contribution in [0.2, 0.25) is 0 Å². The second-order valence-electron chi connectivity index (χ2n) is 4.73. The molecule has 0 atom stereocenters. The van der Waals surface area contributed by atoms with Gasteiger partial charge in [0.15, 0.2) is 0 Å². The van der Waals surface area contributed by atoms with Crippen molar-refractivity contribution in [2.45, 2.75) is 18.9 Å². The van der Waals surface area contributed by atoms with Crippen molar-refractivity contribution in [1.82, 2.24) is 14.8 Å². The quantitative estimate of drug-likeness (QED) is 0.771. The maximum atomic E-state index is 12.1. The SMILES string of the molecule is CN(C)C1CCN(C(=O)c2cccnc2)CC1. The van der Waals surface area contributed by atoms with Crippen molar-refractivity contribution in [3.05, 3.63) is 30.1 Å². The first kappa shape index (κ1) is 12.0. The van der Waals surface area contributed by atoms with Gasteiger partial charge < -0.3 is 9.80 Å². The second kappa shape index (κ2) is 5.27. The lowest BCUT2D eigenvalue weighted by Gasteiger charge is -2.35. The minimum atomic E-state index is 0.107. The van der Waals surface area contributed by atoms with E-state index in [0.717, 1.165) is 25.9 Å². The average Bonchev–Trinajstić information content (AvgIpc) is 2.39. The summed E-state index contributed by atoms with van der Waals surface area (Å²) < 4.78 is 0. The molecule has 0 bridgehead atoms. The van der Waals surface area contributed by atoms with Crippen LogP contribution in [0.3, 0.4) is 0 Å². The monoisotopic (exact) mass is 233 g/mol. The number of pyridine rings is 1. The van der Waals surface area contributed by atoms with E-state index in [-0.39, 0.29) is 5.91 Å². The maximum Gasteiger partial charge on any atom is 0.255 e. The molecule has 4 heteroatoms. The molecule has 0 aromatic carbocycles. The number of piperidine rings is 1. The third-order valence-electron chi connectivity index (χ3n) is 3.39. The van der Waals surface area contributed by atoms with E-state index in [4.69, 9.17) is 0 Å². The van der Waals surface area contributed by atoms with Gasteiger partial charge in [-0.25, -0.2) is 0 Å². The molecular formula is C13H19N3O. The topological polar surface area (TPSA) is 36.4 Å². The molecule has 4 nitrogen and oxygen atoms in total. The van der Waals surface area contributed by atoms with Crippen molar-refractivity contribution in [3.8, 4) is 0 Å². The molecule has 1 aromatic rings. The molecule has 1 amide bonds. The van der Waals surface area contributed by atoms with Crippen molar-refractivity contribution >= 4 is 5.91 Å². The van der Waals surface area contributed by atoms with Gasteiger partial charge in [-0.1, -0.05) is 0 Å². The molecule has 1 fully saturated rings. The summed E-state index contributed by atoms with van der Waals surface area (Å²) in [6.07, 6.45) is 5.44.